The summed E-state index contributed by atoms with van der Waals surface area (Å²) in [4.78, 5) is 4.10. The molecule has 2 fully saturated rings. The molecule has 3 heteroatoms. The molecule has 2 bridgehead atoms. The van der Waals surface area contributed by atoms with E-state index in [1.54, 1.807) is 12.3 Å². The summed E-state index contributed by atoms with van der Waals surface area (Å²) in [5.74, 6) is 2.74. The van der Waals surface area contributed by atoms with E-state index < -0.39 is 0 Å². The van der Waals surface area contributed by atoms with E-state index >= 15 is 0 Å². The zero-order valence-corrected chi connectivity index (χ0v) is 10.8. The van der Waals surface area contributed by atoms with E-state index in [9.17, 15) is 0 Å². The molecule has 0 spiro atoms. The van der Waals surface area contributed by atoms with Crippen molar-refractivity contribution in [3.8, 4) is 6.07 Å². The lowest BCUT2D eigenvalue weighted by Gasteiger charge is -2.29. The van der Waals surface area contributed by atoms with Crippen LogP contribution < -0.4 is 5.32 Å². The molecule has 0 amide bonds. The second kappa shape index (κ2) is 4.61. The van der Waals surface area contributed by atoms with Crippen molar-refractivity contribution < 1.29 is 0 Å². The number of nitrogens with zero attached hydrogens (tertiary/aromatic N) is 2. The number of rotatable bonds is 3. The quantitative estimate of drug-likeness (QED) is 0.884. The highest BCUT2D eigenvalue weighted by atomic mass is 14.9. The van der Waals surface area contributed by atoms with Crippen LogP contribution in [0.1, 0.15) is 38.3 Å². The van der Waals surface area contributed by atoms with Crippen LogP contribution in [0.3, 0.4) is 0 Å². The molecule has 2 aliphatic carbocycles. The Balaban J connectivity index is 1.63. The lowest BCUT2D eigenvalue weighted by Crippen LogP contribution is -2.29. The van der Waals surface area contributed by atoms with Gasteiger partial charge in [-0.3, -0.25) is 0 Å². The van der Waals surface area contributed by atoms with Crippen LogP contribution in [-0.4, -0.2) is 11.0 Å². The Kier molecular flexibility index (Phi) is 2.95. The summed E-state index contributed by atoms with van der Waals surface area (Å²) in [7, 11) is 0. The van der Waals surface area contributed by atoms with E-state index in [2.05, 4.69) is 17.2 Å². The van der Waals surface area contributed by atoms with Gasteiger partial charge >= 0.3 is 0 Å². The highest BCUT2D eigenvalue weighted by Gasteiger charge is 2.41. The minimum Gasteiger partial charge on any atom is -0.381 e. The van der Waals surface area contributed by atoms with Crippen LogP contribution in [0, 0.1) is 29.1 Å². The van der Waals surface area contributed by atoms with Gasteiger partial charge in [0, 0.05) is 6.04 Å². The van der Waals surface area contributed by atoms with Crippen molar-refractivity contribution in [1.29, 1.82) is 5.26 Å². The molecule has 18 heavy (non-hydrogen) atoms. The van der Waals surface area contributed by atoms with E-state index in [1.165, 1.54) is 25.7 Å². The molecule has 4 unspecified atom stereocenters. The molecular weight excluding hydrogens is 222 g/mol. The topological polar surface area (TPSA) is 48.7 Å². The molecule has 3 nitrogen and oxygen atoms in total. The molecule has 0 aromatic carbocycles. The monoisotopic (exact) mass is 241 g/mol. The second-order valence-corrected chi connectivity index (χ2v) is 5.82. The van der Waals surface area contributed by atoms with E-state index in [0.29, 0.717) is 11.7 Å². The summed E-state index contributed by atoms with van der Waals surface area (Å²) >= 11 is 0. The second-order valence-electron chi connectivity index (χ2n) is 5.82. The number of aromatic nitrogens is 1. The summed E-state index contributed by atoms with van der Waals surface area (Å²) in [5.41, 5.74) is 1.51. The SMILES string of the molecule is CC(Nc1ccc(C#N)nc1)C1CC2CCC1C2. The van der Waals surface area contributed by atoms with Crippen molar-refractivity contribution in [2.24, 2.45) is 17.8 Å². The normalized spacial score (nSPS) is 31.0. The molecule has 94 valence electrons. The van der Waals surface area contributed by atoms with Crippen LogP contribution in [0.15, 0.2) is 18.3 Å². The third kappa shape index (κ3) is 2.08. The zero-order valence-electron chi connectivity index (χ0n) is 10.8. The summed E-state index contributed by atoms with van der Waals surface area (Å²) in [5, 5.41) is 12.3. The minimum atomic E-state index is 0.480. The first-order valence-corrected chi connectivity index (χ1v) is 6.89. The zero-order chi connectivity index (χ0) is 12.5. The van der Waals surface area contributed by atoms with Crippen LogP contribution in [0.4, 0.5) is 5.69 Å². The number of nitrogens with one attached hydrogen (secondary N) is 1. The third-order valence-corrected chi connectivity index (χ3v) is 4.71. The largest absolute Gasteiger partial charge is 0.381 e. The molecule has 3 rings (SSSR count). The molecule has 2 saturated carbocycles. The first-order valence-electron chi connectivity index (χ1n) is 6.89. The Labute approximate surface area is 108 Å². The van der Waals surface area contributed by atoms with Crippen molar-refractivity contribution in [2.75, 3.05) is 5.32 Å². The fraction of sp³-hybridized carbons (Fsp3) is 0.600. The Hall–Kier alpha value is -1.56. The van der Waals surface area contributed by atoms with Gasteiger partial charge in [-0.05, 0) is 56.1 Å². The number of nitriles is 1. The number of anilines is 1. The average molecular weight is 241 g/mol. The minimum absolute atomic E-state index is 0.480. The number of hydrogen-bond donors (Lipinski definition) is 1. The lowest BCUT2D eigenvalue weighted by molar-refractivity contribution is 0.304. The first kappa shape index (κ1) is 11.5. The van der Waals surface area contributed by atoms with Gasteiger partial charge in [0.15, 0.2) is 0 Å². The summed E-state index contributed by atoms with van der Waals surface area (Å²) in [6.45, 7) is 2.28. The van der Waals surface area contributed by atoms with E-state index in [4.69, 9.17) is 5.26 Å². The Bertz CT molecular complexity index is 460. The highest BCUT2D eigenvalue weighted by molar-refractivity contribution is 5.43. The highest BCUT2D eigenvalue weighted by Crippen LogP contribution is 2.49. The lowest BCUT2D eigenvalue weighted by atomic mass is 9.84. The fourth-order valence-electron chi connectivity index (χ4n) is 3.82. The fourth-order valence-corrected chi connectivity index (χ4v) is 3.82. The van der Waals surface area contributed by atoms with Gasteiger partial charge in [0.2, 0.25) is 0 Å². The Morgan fingerprint density at radius 1 is 1.39 bits per heavy atom. The van der Waals surface area contributed by atoms with Gasteiger partial charge < -0.3 is 5.32 Å². The molecule has 1 heterocycles. The molecular formula is C15H19N3. The molecule has 4 atom stereocenters. The van der Waals surface area contributed by atoms with Crippen molar-refractivity contribution in [1.82, 2.24) is 4.98 Å². The molecule has 1 N–H and O–H groups in total. The summed E-state index contributed by atoms with van der Waals surface area (Å²) in [6, 6.07) is 6.28. The van der Waals surface area contributed by atoms with Gasteiger partial charge in [-0.2, -0.15) is 5.26 Å². The van der Waals surface area contributed by atoms with E-state index in [0.717, 1.165) is 23.4 Å². The Morgan fingerprint density at radius 3 is 2.83 bits per heavy atom. The van der Waals surface area contributed by atoms with E-state index in [1.807, 2.05) is 12.1 Å². The molecule has 0 radical (unpaired) electrons. The Morgan fingerprint density at radius 2 is 2.28 bits per heavy atom. The van der Waals surface area contributed by atoms with Gasteiger partial charge in [0.25, 0.3) is 0 Å². The molecule has 0 aliphatic heterocycles. The van der Waals surface area contributed by atoms with Gasteiger partial charge in [-0.1, -0.05) is 6.42 Å². The van der Waals surface area contributed by atoms with Crippen LogP contribution >= 0.6 is 0 Å². The predicted molar refractivity (Wildman–Crippen MR) is 71.0 cm³/mol. The maximum atomic E-state index is 8.72. The van der Waals surface area contributed by atoms with Crippen LogP contribution in [-0.2, 0) is 0 Å². The third-order valence-electron chi connectivity index (χ3n) is 4.71. The number of fused-ring (bicyclic) bond motifs is 2. The summed E-state index contributed by atoms with van der Waals surface area (Å²) < 4.78 is 0. The molecule has 1 aromatic heterocycles. The van der Waals surface area contributed by atoms with Crippen LogP contribution in [0.25, 0.3) is 0 Å². The van der Waals surface area contributed by atoms with Crippen LogP contribution in [0.5, 0.6) is 0 Å². The van der Waals surface area contributed by atoms with Crippen molar-refractivity contribution in [2.45, 2.75) is 38.6 Å². The van der Waals surface area contributed by atoms with Gasteiger partial charge in [0.05, 0.1) is 11.9 Å². The molecule has 2 aliphatic rings. The van der Waals surface area contributed by atoms with Gasteiger partial charge in [-0.15, -0.1) is 0 Å². The number of hydrogen-bond acceptors (Lipinski definition) is 3. The molecule has 1 aromatic rings. The molecule has 0 saturated heterocycles. The van der Waals surface area contributed by atoms with Crippen molar-refractivity contribution in [3.63, 3.8) is 0 Å². The number of pyridine rings is 1. The van der Waals surface area contributed by atoms with Crippen LogP contribution in [0.2, 0.25) is 0 Å². The van der Waals surface area contributed by atoms with Gasteiger partial charge in [-0.25, -0.2) is 4.98 Å². The van der Waals surface area contributed by atoms with Crippen molar-refractivity contribution in [3.05, 3.63) is 24.0 Å². The summed E-state index contributed by atoms with van der Waals surface area (Å²) in [6.07, 6.45) is 7.48. The first-order chi connectivity index (χ1) is 8.76. The van der Waals surface area contributed by atoms with E-state index in [-0.39, 0.29) is 0 Å². The smallest absolute Gasteiger partial charge is 0.140 e. The predicted octanol–water partition coefficient (Wildman–Crippen LogP) is 3.19. The average Bonchev–Trinajstić information content (AvgIpc) is 3.02. The van der Waals surface area contributed by atoms with Crippen molar-refractivity contribution >= 4 is 5.69 Å². The maximum Gasteiger partial charge on any atom is 0.140 e. The van der Waals surface area contributed by atoms with Gasteiger partial charge in [0.1, 0.15) is 11.8 Å². The maximum absolute atomic E-state index is 8.72. The standard InChI is InChI=1S/C15H19N3/c1-10(15-7-11-2-3-12(15)6-11)18-14-5-4-13(8-16)17-9-14/h4-5,9-12,15,18H,2-3,6-7H2,1H3.